The molecule has 2 aromatic rings. The lowest BCUT2D eigenvalue weighted by atomic mass is 10.2. The summed E-state index contributed by atoms with van der Waals surface area (Å²) in [7, 11) is 0. The maximum absolute atomic E-state index is 12.9. The molecule has 2 aromatic carbocycles. The molecule has 0 aromatic heterocycles. The van der Waals surface area contributed by atoms with Gasteiger partial charge in [0.15, 0.2) is 11.5 Å². The van der Waals surface area contributed by atoms with Crippen molar-refractivity contribution in [3.63, 3.8) is 0 Å². The van der Waals surface area contributed by atoms with Gasteiger partial charge >= 0.3 is 0 Å². The Morgan fingerprint density at radius 3 is 2.33 bits per heavy atom. The fraction of sp³-hybridized carbons (Fsp3) is 0.263. The van der Waals surface area contributed by atoms with Gasteiger partial charge < -0.3 is 14.8 Å². The van der Waals surface area contributed by atoms with Gasteiger partial charge in [0, 0.05) is 13.1 Å². The predicted molar refractivity (Wildman–Crippen MR) is 97.5 cm³/mol. The van der Waals surface area contributed by atoms with E-state index in [1.54, 1.807) is 18.2 Å². The molecule has 0 amide bonds. The number of hydrogen-bond donors (Lipinski definition) is 1. The quantitative estimate of drug-likeness (QED) is 0.675. The van der Waals surface area contributed by atoms with Gasteiger partial charge in [-0.25, -0.2) is 4.39 Å². The summed E-state index contributed by atoms with van der Waals surface area (Å²) in [6, 6.07) is 12.4. The van der Waals surface area contributed by atoms with Gasteiger partial charge in [-0.1, -0.05) is 30.9 Å². The molecule has 0 fully saturated rings. The smallest absolute Gasteiger partial charge is 0.161 e. The van der Waals surface area contributed by atoms with E-state index in [0.29, 0.717) is 32.1 Å². The molecule has 0 atom stereocenters. The molecule has 0 bridgehead atoms. The molecule has 2 rings (SSSR count). The van der Waals surface area contributed by atoms with Crippen LogP contribution >= 0.6 is 12.4 Å². The maximum Gasteiger partial charge on any atom is 0.161 e. The summed E-state index contributed by atoms with van der Waals surface area (Å²) in [6.07, 6.45) is 1.70. The van der Waals surface area contributed by atoms with Gasteiger partial charge in [0.2, 0.25) is 0 Å². The van der Waals surface area contributed by atoms with E-state index in [1.165, 1.54) is 12.1 Å². The first-order valence-electron chi connectivity index (χ1n) is 7.67. The van der Waals surface area contributed by atoms with E-state index in [-0.39, 0.29) is 18.2 Å². The molecule has 0 saturated heterocycles. The summed E-state index contributed by atoms with van der Waals surface area (Å²) in [5, 5.41) is 3.33. The summed E-state index contributed by atoms with van der Waals surface area (Å²) in [5.74, 6) is 1.23. The number of ether oxygens (including phenoxy) is 2. The van der Waals surface area contributed by atoms with Crippen molar-refractivity contribution in [1.82, 2.24) is 5.32 Å². The molecule has 0 aliphatic heterocycles. The molecule has 0 radical (unpaired) electrons. The lowest BCUT2D eigenvalue weighted by Crippen LogP contribution is -2.13. The van der Waals surface area contributed by atoms with Crippen LogP contribution in [0, 0.1) is 5.82 Å². The van der Waals surface area contributed by atoms with Crippen LogP contribution in [0.4, 0.5) is 4.39 Å². The molecule has 3 nitrogen and oxygen atoms in total. The van der Waals surface area contributed by atoms with Gasteiger partial charge in [0.05, 0.1) is 6.61 Å². The van der Waals surface area contributed by atoms with E-state index >= 15 is 0 Å². The molecule has 5 heteroatoms. The minimum Gasteiger partial charge on any atom is -0.490 e. The Morgan fingerprint density at radius 2 is 1.67 bits per heavy atom. The second-order valence-corrected chi connectivity index (χ2v) is 5.04. The van der Waals surface area contributed by atoms with E-state index < -0.39 is 0 Å². The number of hydrogen-bond acceptors (Lipinski definition) is 3. The average Bonchev–Trinajstić information content (AvgIpc) is 2.56. The Hall–Kier alpha value is -2.04. The third-order valence-corrected chi connectivity index (χ3v) is 3.24. The van der Waals surface area contributed by atoms with Crippen molar-refractivity contribution in [2.45, 2.75) is 20.0 Å². The molecule has 1 N–H and O–H groups in total. The summed E-state index contributed by atoms with van der Waals surface area (Å²) >= 11 is 0. The van der Waals surface area contributed by atoms with Crippen molar-refractivity contribution in [3.05, 3.63) is 72.1 Å². The Labute approximate surface area is 148 Å². The second kappa shape index (κ2) is 10.7. The average molecular weight is 352 g/mol. The lowest BCUT2D eigenvalue weighted by Gasteiger charge is -2.13. The van der Waals surface area contributed by atoms with Crippen molar-refractivity contribution < 1.29 is 13.9 Å². The Kier molecular flexibility index (Phi) is 8.90. The van der Waals surface area contributed by atoms with Crippen molar-refractivity contribution in [2.24, 2.45) is 0 Å². The summed E-state index contributed by atoms with van der Waals surface area (Å²) in [6.45, 7) is 7.99. The summed E-state index contributed by atoms with van der Waals surface area (Å²) < 4.78 is 24.1. The van der Waals surface area contributed by atoms with E-state index in [1.807, 2.05) is 25.1 Å². The van der Waals surface area contributed by atoms with E-state index in [2.05, 4.69) is 11.9 Å². The van der Waals surface area contributed by atoms with Crippen LogP contribution < -0.4 is 14.8 Å². The van der Waals surface area contributed by atoms with Gasteiger partial charge in [-0.15, -0.1) is 12.4 Å². The van der Waals surface area contributed by atoms with E-state index in [9.17, 15) is 4.39 Å². The molecule has 0 heterocycles. The fourth-order valence-electron chi connectivity index (χ4n) is 2.15. The highest BCUT2D eigenvalue weighted by atomic mass is 35.5. The van der Waals surface area contributed by atoms with Gasteiger partial charge in [-0.2, -0.15) is 0 Å². The van der Waals surface area contributed by atoms with E-state index in [4.69, 9.17) is 9.47 Å². The van der Waals surface area contributed by atoms with Crippen molar-refractivity contribution in [1.29, 1.82) is 0 Å². The van der Waals surface area contributed by atoms with Crippen LogP contribution in [0.3, 0.4) is 0 Å². The van der Waals surface area contributed by atoms with Crippen LogP contribution in [-0.4, -0.2) is 13.2 Å². The standard InChI is InChI=1S/C19H22FNO2.ClH/c1-3-11-23-18-10-7-16(12-19(18)22-4-2)14-21-13-15-5-8-17(20)9-6-15;/h3,5-10,12,21H,1,4,11,13-14H2,2H3;1H. The number of benzene rings is 2. The molecule has 24 heavy (non-hydrogen) atoms. The first-order chi connectivity index (χ1) is 11.2. The highest BCUT2D eigenvalue weighted by Crippen LogP contribution is 2.28. The number of rotatable bonds is 9. The first kappa shape index (κ1) is 20.0. The molecule has 0 aliphatic rings. The van der Waals surface area contributed by atoms with Crippen molar-refractivity contribution in [2.75, 3.05) is 13.2 Å². The van der Waals surface area contributed by atoms with Crippen LogP contribution in [0.25, 0.3) is 0 Å². The van der Waals surface area contributed by atoms with Crippen LogP contribution in [-0.2, 0) is 13.1 Å². The third kappa shape index (κ3) is 6.22. The zero-order valence-electron chi connectivity index (χ0n) is 13.8. The zero-order valence-corrected chi connectivity index (χ0v) is 14.6. The van der Waals surface area contributed by atoms with Gasteiger partial charge in [-0.05, 0) is 42.3 Å². The first-order valence-corrected chi connectivity index (χ1v) is 7.67. The highest BCUT2D eigenvalue weighted by Gasteiger charge is 2.06. The van der Waals surface area contributed by atoms with Crippen molar-refractivity contribution in [3.8, 4) is 11.5 Å². The minimum atomic E-state index is -0.217. The molecule has 130 valence electrons. The lowest BCUT2D eigenvalue weighted by molar-refractivity contribution is 0.296. The topological polar surface area (TPSA) is 30.5 Å². The summed E-state index contributed by atoms with van der Waals surface area (Å²) in [4.78, 5) is 0. The van der Waals surface area contributed by atoms with Crippen LogP contribution in [0.5, 0.6) is 11.5 Å². The van der Waals surface area contributed by atoms with Gasteiger partial charge in [-0.3, -0.25) is 0 Å². The third-order valence-electron chi connectivity index (χ3n) is 3.24. The Morgan fingerprint density at radius 1 is 1.00 bits per heavy atom. The summed E-state index contributed by atoms with van der Waals surface area (Å²) in [5.41, 5.74) is 2.14. The number of nitrogens with one attached hydrogen (secondary N) is 1. The Bertz CT molecular complexity index is 632. The molecular weight excluding hydrogens is 329 g/mol. The maximum atomic E-state index is 12.9. The molecule has 0 spiro atoms. The van der Waals surface area contributed by atoms with Crippen LogP contribution in [0.1, 0.15) is 18.1 Å². The zero-order chi connectivity index (χ0) is 16.5. The van der Waals surface area contributed by atoms with Crippen molar-refractivity contribution >= 4 is 12.4 Å². The second-order valence-electron chi connectivity index (χ2n) is 5.04. The molecule has 0 unspecified atom stereocenters. The van der Waals surface area contributed by atoms with Gasteiger partial charge in [0.1, 0.15) is 12.4 Å². The van der Waals surface area contributed by atoms with Gasteiger partial charge in [0.25, 0.3) is 0 Å². The molecular formula is C19H23ClFNO2. The largest absolute Gasteiger partial charge is 0.490 e. The predicted octanol–water partition coefficient (Wildman–Crippen LogP) is 4.50. The van der Waals surface area contributed by atoms with E-state index in [0.717, 1.165) is 16.9 Å². The fourth-order valence-corrected chi connectivity index (χ4v) is 2.15. The monoisotopic (exact) mass is 351 g/mol. The molecule has 0 aliphatic carbocycles. The Balaban J connectivity index is 0.00000288. The molecule has 0 saturated carbocycles. The SMILES string of the molecule is C=CCOc1ccc(CNCc2ccc(F)cc2)cc1OCC.Cl. The minimum absolute atomic E-state index is 0. The number of halogens is 2. The normalized spacial score (nSPS) is 9.92. The van der Waals surface area contributed by atoms with Crippen LogP contribution in [0.15, 0.2) is 55.1 Å². The van der Waals surface area contributed by atoms with Crippen LogP contribution in [0.2, 0.25) is 0 Å². The highest BCUT2D eigenvalue weighted by molar-refractivity contribution is 5.85.